The number of aliphatic hydroxyl groups excluding tert-OH is 1. The minimum absolute atomic E-state index is 0.0234. The zero-order valence-electron chi connectivity index (χ0n) is 12.4. The number of β-amino-alcohol motifs (C(OH)–C–C–N with tert-alkyl or cyclic N) is 1. The molecule has 1 aliphatic rings. The van der Waals surface area contributed by atoms with E-state index in [9.17, 15) is 9.90 Å². The molecule has 1 saturated heterocycles. The van der Waals surface area contributed by atoms with Crippen molar-refractivity contribution >= 4 is 11.7 Å². The fraction of sp³-hybridized carbons (Fsp3) is 0.400. The molecule has 7 nitrogen and oxygen atoms in total. The molecule has 22 heavy (non-hydrogen) atoms. The van der Waals surface area contributed by atoms with Gasteiger partial charge < -0.3 is 19.9 Å². The Morgan fingerprint density at radius 1 is 1.55 bits per heavy atom. The maximum absolute atomic E-state index is 12.7. The van der Waals surface area contributed by atoms with Gasteiger partial charge in [0.1, 0.15) is 18.2 Å². The molecule has 7 heteroatoms. The molecule has 2 unspecified atom stereocenters. The molecule has 2 aromatic heterocycles. The van der Waals surface area contributed by atoms with E-state index < -0.39 is 12.1 Å². The molecule has 116 valence electrons. The Morgan fingerprint density at radius 3 is 3.09 bits per heavy atom. The van der Waals surface area contributed by atoms with Gasteiger partial charge in [-0.2, -0.15) is 0 Å². The number of rotatable bonds is 4. The number of carbonyl (C=O) groups excluding carboxylic acids is 1. The second-order valence-corrected chi connectivity index (χ2v) is 5.51. The van der Waals surface area contributed by atoms with E-state index in [1.807, 2.05) is 23.2 Å². The molecule has 3 rings (SSSR count). The van der Waals surface area contributed by atoms with E-state index >= 15 is 0 Å². The lowest BCUT2D eigenvalue weighted by Gasteiger charge is -2.28. The van der Waals surface area contributed by atoms with Gasteiger partial charge in [-0.05, 0) is 18.2 Å². The van der Waals surface area contributed by atoms with Crippen LogP contribution in [0.25, 0.3) is 0 Å². The monoisotopic (exact) mass is 301 g/mol. The van der Waals surface area contributed by atoms with Gasteiger partial charge in [0.05, 0.1) is 12.6 Å². The highest BCUT2D eigenvalue weighted by Gasteiger charge is 2.38. The standard InChI is InChI=1S/C15H19N5O2/c1-19(8-11-3-2-5-17-11)15(22)13-7-12(21)9-20(13)14-4-6-16-10-18-14/h2-6,10,12-13,17,21H,7-9H2,1H3. The summed E-state index contributed by atoms with van der Waals surface area (Å²) in [6.07, 6.45) is 4.81. The highest BCUT2D eigenvalue weighted by atomic mass is 16.3. The number of hydrogen-bond donors (Lipinski definition) is 2. The second-order valence-electron chi connectivity index (χ2n) is 5.51. The summed E-state index contributed by atoms with van der Waals surface area (Å²) < 4.78 is 0. The molecule has 0 aromatic carbocycles. The molecule has 0 saturated carbocycles. The highest BCUT2D eigenvalue weighted by molar-refractivity contribution is 5.85. The first-order valence-electron chi connectivity index (χ1n) is 7.23. The quantitative estimate of drug-likeness (QED) is 0.854. The third-order valence-electron chi connectivity index (χ3n) is 3.87. The second kappa shape index (κ2) is 6.15. The number of amides is 1. The van der Waals surface area contributed by atoms with Gasteiger partial charge in [-0.15, -0.1) is 0 Å². The van der Waals surface area contributed by atoms with Crippen molar-refractivity contribution in [2.24, 2.45) is 0 Å². The van der Waals surface area contributed by atoms with Gasteiger partial charge in [-0.25, -0.2) is 9.97 Å². The Labute approximate surface area is 128 Å². The Morgan fingerprint density at radius 2 is 2.41 bits per heavy atom. The van der Waals surface area contributed by atoms with Crippen molar-refractivity contribution in [3.05, 3.63) is 42.6 Å². The van der Waals surface area contributed by atoms with Crippen LogP contribution >= 0.6 is 0 Å². The lowest BCUT2D eigenvalue weighted by atomic mass is 10.1. The number of anilines is 1. The molecule has 2 N–H and O–H groups in total. The van der Waals surface area contributed by atoms with Gasteiger partial charge in [0.15, 0.2) is 0 Å². The van der Waals surface area contributed by atoms with Gasteiger partial charge >= 0.3 is 0 Å². The minimum Gasteiger partial charge on any atom is -0.391 e. The topological polar surface area (TPSA) is 85.4 Å². The lowest BCUT2D eigenvalue weighted by molar-refractivity contribution is -0.131. The van der Waals surface area contributed by atoms with E-state index in [1.165, 1.54) is 6.33 Å². The number of nitrogens with zero attached hydrogens (tertiary/aromatic N) is 4. The highest BCUT2D eigenvalue weighted by Crippen LogP contribution is 2.25. The largest absolute Gasteiger partial charge is 0.391 e. The van der Waals surface area contributed by atoms with Crippen molar-refractivity contribution in [3.8, 4) is 0 Å². The molecule has 2 atom stereocenters. The fourth-order valence-electron chi connectivity index (χ4n) is 2.81. The molecule has 1 aliphatic heterocycles. The fourth-order valence-corrected chi connectivity index (χ4v) is 2.81. The van der Waals surface area contributed by atoms with E-state index in [1.54, 1.807) is 24.2 Å². The van der Waals surface area contributed by atoms with E-state index in [4.69, 9.17) is 0 Å². The van der Waals surface area contributed by atoms with Crippen LogP contribution in [0.15, 0.2) is 36.9 Å². The molecule has 0 bridgehead atoms. The van der Waals surface area contributed by atoms with Gasteiger partial charge in [0.25, 0.3) is 0 Å². The first kappa shape index (κ1) is 14.5. The van der Waals surface area contributed by atoms with E-state index in [2.05, 4.69) is 15.0 Å². The van der Waals surface area contributed by atoms with Crippen molar-refractivity contribution in [3.63, 3.8) is 0 Å². The van der Waals surface area contributed by atoms with Crippen molar-refractivity contribution in [1.29, 1.82) is 0 Å². The number of H-pyrrole nitrogens is 1. The summed E-state index contributed by atoms with van der Waals surface area (Å²) in [5, 5.41) is 9.96. The number of nitrogens with one attached hydrogen (secondary N) is 1. The predicted octanol–water partition coefficient (Wildman–Crippen LogP) is 0.403. The van der Waals surface area contributed by atoms with Crippen LogP contribution in [0, 0.1) is 0 Å². The zero-order valence-corrected chi connectivity index (χ0v) is 12.4. The first-order chi connectivity index (χ1) is 10.6. The number of aromatic nitrogens is 3. The Kier molecular flexibility index (Phi) is 4.06. The van der Waals surface area contributed by atoms with E-state index in [0.717, 1.165) is 5.69 Å². The van der Waals surface area contributed by atoms with Crippen molar-refractivity contribution < 1.29 is 9.90 Å². The smallest absolute Gasteiger partial charge is 0.245 e. The minimum atomic E-state index is -0.525. The van der Waals surface area contributed by atoms with Gasteiger partial charge in [-0.1, -0.05) is 0 Å². The van der Waals surface area contributed by atoms with Crippen LogP contribution in [0.3, 0.4) is 0 Å². The van der Waals surface area contributed by atoms with Crippen molar-refractivity contribution in [2.75, 3.05) is 18.5 Å². The van der Waals surface area contributed by atoms with Crippen LogP contribution in [-0.4, -0.2) is 56.6 Å². The van der Waals surface area contributed by atoms with Crippen LogP contribution in [0.1, 0.15) is 12.1 Å². The number of aliphatic hydroxyl groups is 1. The Bertz CT molecular complexity index is 616. The third-order valence-corrected chi connectivity index (χ3v) is 3.87. The van der Waals surface area contributed by atoms with Gasteiger partial charge in [0, 0.05) is 38.1 Å². The van der Waals surface area contributed by atoms with Crippen LogP contribution in [-0.2, 0) is 11.3 Å². The summed E-state index contributed by atoms with van der Waals surface area (Å²) in [6, 6.07) is 5.20. The van der Waals surface area contributed by atoms with Crippen LogP contribution in [0.2, 0.25) is 0 Å². The third kappa shape index (κ3) is 2.94. The average Bonchev–Trinajstić information content (AvgIpc) is 3.17. The number of likely N-dealkylation sites (N-methyl/N-ethyl adjacent to an activating group) is 1. The molecule has 1 amide bonds. The van der Waals surface area contributed by atoms with E-state index in [0.29, 0.717) is 25.3 Å². The molecule has 0 aliphatic carbocycles. The van der Waals surface area contributed by atoms with E-state index in [-0.39, 0.29) is 5.91 Å². The zero-order chi connectivity index (χ0) is 15.5. The maximum atomic E-state index is 12.7. The van der Waals surface area contributed by atoms with Crippen molar-refractivity contribution in [1.82, 2.24) is 19.9 Å². The molecular formula is C15H19N5O2. The number of carbonyl (C=O) groups is 1. The predicted molar refractivity (Wildman–Crippen MR) is 81.1 cm³/mol. The van der Waals surface area contributed by atoms with Crippen molar-refractivity contribution in [2.45, 2.75) is 25.1 Å². The van der Waals surface area contributed by atoms with Gasteiger partial charge in [0.2, 0.25) is 5.91 Å². The summed E-state index contributed by atoms with van der Waals surface area (Å²) >= 11 is 0. The molecule has 0 spiro atoms. The first-order valence-corrected chi connectivity index (χ1v) is 7.23. The molecule has 2 aromatic rings. The average molecular weight is 301 g/mol. The summed E-state index contributed by atoms with van der Waals surface area (Å²) in [7, 11) is 1.77. The Balaban J connectivity index is 1.75. The number of hydrogen-bond acceptors (Lipinski definition) is 5. The SMILES string of the molecule is CN(Cc1ccc[nH]1)C(=O)C1CC(O)CN1c1ccncn1. The summed E-state index contributed by atoms with van der Waals surface area (Å²) in [5.41, 5.74) is 0.975. The van der Waals surface area contributed by atoms with Crippen LogP contribution in [0.4, 0.5) is 5.82 Å². The summed E-state index contributed by atoms with van der Waals surface area (Å²) in [4.78, 5) is 27.4. The maximum Gasteiger partial charge on any atom is 0.245 e. The van der Waals surface area contributed by atoms with Crippen LogP contribution in [0.5, 0.6) is 0 Å². The molecule has 1 fully saturated rings. The lowest BCUT2D eigenvalue weighted by Crippen LogP contribution is -2.44. The van der Waals surface area contributed by atoms with Gasteiger partial charge in [-0.3, -0.25) is 4.79 Å². The molecule has 3 heterocycles. The summed E-state index contributed by atoms with van der Waals surface area (Å²) in [6.45, 7) is 0.916. The Hall–Kier alpha value is -2.41. The molecule has 0 radical (unpaired) electrons. The van der Waals surface area contributed by atoms with Crippen LogP contribution < -0.4 is 4.90 Å². The summed E-state index contributed by atoms with van der Waals surface area (Å²) in [5.74, 6) is 0.642. The normalized spacial score (nSPS) is 21.1. The number of aromatic amines is 1. The molecular weight excluding hydrogens is 282 g/mol.